The largest absolute Gasteiger partial charge is 0.354 e. The molecule has 0 unspecified atom stereocenters. The van der Waals surface area contributed by atoms with E-state index in [1.165, 1.54) is 0 Å². The Balaban J connectivity index is 1.69. The van der Waals surface area contributed by atoms with E-state index in [0.29, 0.717) is 12.1 Å². The highest BCUT2D eigenvalue weighted by Gasteiger charge is 2.14. The van der Waals surface area contributed by atoms with Crippen LogP contribution in [0.2, 0.25) is 0 Å². The number of halogens is 1. The zero-order chi connectivity index (χ0) is 18.1. The quantitative estimate of drug-likeness (QED) is 0.462. The molecule has 0 saturated carbocycles. The Morgan fingerprint density at radius 2 is 1.72 bits per heavy atom. The maximum atomic E-state index is 12.1. The van der Waals surface area contributed by atoms with E-state index in [-0.39, 0.29) is 18.2 Å². The van der Waals surface area contributed by atoms with Crippen molar-refractivity contribution in [3.8, 4) is 0 Å². The number of sulfonamides is 1. The van der Waals surface area contributed by atoms with Gasteiger partial charge >= 0.3 is 0 Å². The van der Waals surface area contributed by atoms with Gasteiger partial charge < -0.3 is 5.32 Å². The lowest BCUT2D eigenvalue weighted by Crippen LogP contribution is -2.38. The first-order valence-corrected chi connectivity index (χ1v) is 11.0. The van der Waals surface area contributed by atoms with E-state index in [2.05, 4.69) is 26.0 Å². The lowest BCUT2D eigenvalue weighted by molar-refractivity contribution is -0.119. The van der Waals surface area contributed by atoms with Crippen molar-refractivity contribution in [3.05, 3.63) is 64.6 Å². The van der Waals surface area contributed by atoms with Gasteiger partial charge in [0.05, 0.1) is 12.3 Å². The first kappa shape index (κ1) is 20.0. The third kappa shape index (κ3) is 7.60. The van der Waals surface area contributed by atoms with Crippen LogP contribution in [0, 0.1) is 0 Å². The fourth-order valence-electron chi connectivity index (χ4n) is 1.99. The zero-order valence-corrected chi connectivity index (χ0v) is 16.7. The van der Waals surface area contributed by atoms with Crippen LogP contribution in [0.25, 0.3) is 0 Å². The molecule has 0 atom stereocenters. The van der Waals surface area contributed by atoms with Gasteiger partial charge in [0.15, 0.2) is 0 Å². The fourth-order valence-corrected chi connectivity index (χ4v) is 4.50. The molecule has 0 aliphatic carbocycles. The minimum Gasteiger partial charge on any atom is -0.354 e. The van der Waals surface area contributed by atoms with Gasteiger partial charge in [-0.1, -0.05) is 52.3 Å². The van der Waals surface area contributed by atoms with Crippen LogP contribution in [0.15, 0.2) is 64.0 Å². The second-order valence-corrected chi connectivity index (χ2v) is 9.01. The van der Waals surface area contributed by atoms with Crippen LogP contribution >= 0.6 is 27.7 Å². The summed E-state index contributed by atoms with van der Waals surface area (Å²) in [4.78, 5) is 12.9. The van der Waals surface area contributed by atoms with Crippen molar-refractivity contribution in [1.82, 2.24) is 10.0 Å². The molecule has 0 fully saturated rings. The Kier molecular flexibility index (Phi) is 7.95. The average molecular weight is 443 g/mol. The van der Waals surface area contributed by atoms with Crippen LogP contribution in [0.4, 0.5) is 0 Å². The van der Waals surface area contributed by atoms with E-state index in [0.717, 1.165) is 15.1 Å². The van der Waals surface area contributed by atoms with Gasteiger partial charge in [-0.25, -0.2) is 13.1 Å². The minimum absolute atomic E-state index is 0.175. The molecule has 0 radical (unpaired) electrons. The average Bonchev–Trinajstić information content (AvgIpc) is 2.60. The Hall–Kier alpha value is -1.35. The zero-order valence-electron chi connectivity index (χ0n) is 13.4. The molecule has 5 nitrogen and oxygen atoms in total. The molecular formula is C17H19BrN2O3S2. The van der Waals surface area contributed by atoms with Gasteiger partial charge in [0.1, 0.15) is 0 Å². The highest BCUT2D eigenvalue weighted by atomic mass is 79.9. The summed E-state index contributed by atoms with van der Waals surface area (Å²) in [5.41, 5.74) is 0.648. The van der Waals surface area contributed by atoms with Crippen molar-refractivity contribution in [2.45, 2.75) is 10.6 Å². The van der Waals surface area contributed by atoms with Crippen molar-refractivity contribution in [2.24, 2.45) is 0 Å². The first-order valence-electron chi connectivity index (χ1n) is 7.61. The number of hydrogen-bond acceptors (Lipinski definition) is 4. The summed E-state index contributed by atoms with van der Waals surface area (Å²) < 4.78 is 27.2. The molecule has 0 heterocycles. The van der Waals surface area contributed by atoms with E-state index in [9.17, 15) is 13.2 Å². The van der Waals surface area contributed by atoms with E-state index in [4.69, 9.17) is 0 Å². The smallest absolute Gasteiger partial charge is 0.235 e. The topological polar surface area (TPSA) is 75.3 Å². The van der Waals surface area contributed by atoms with Crippen molar-refractivity contribution in [1.29, 1.82) is 0 Å². The molecular weight excluding hydrogens is 424 g/mol. The molecule has 2 N–H and O–H groups in total. The molecule has 25 heavy (non-hydrogen) atoms. The lowest BCUT2D eigenvalue weighted by Gasteiger charge is -2.09. The number of benzene rings is 2. The molecule has 1 amide bonds. The van der Waals surface area contributed by atoms with Crippen molar-refractivity contribution in [3.63, 3.8) is 0 Å². The number of thioether (sulfide) groups is 1. The summed E-state index contributed by atoms with van der Waals surface area (Å²) in [5.74, 6) is 0.203. The van der Waals surface area contributed by atoms with Crippen LogP contribution < -0.4 is 10.0 Å². The third-order valence-electron chi connectivity index (χ3n) is 3.19. The third-order valence-corrected chi connectivity index (χ3v) is 6.25. The molecule has 0 saturated heterocycles. The van der Waals surface area contributed by atoms with Crippen molar-refractivity contribution >= 4 is 43.6 Å². The number of carbonyl (C=O) groups excluding carboxylic acids is 1. The summed E-state index contributed by atoms with van der Waals surface area (Å²) in [6.07, 6.45) is 0. The van der Waals surface area contributed by atoms with Gasteiger partial charge in [0, 0.05) is 21.7 Å². The van der Waals surface area contributed by atoms with Gasteiger partial charge in [-0.3, -0.25) is 4.79 Å². The second kappa shape index (κ2) is 9.96. The number of carbonyl (C=O) groups is 1. The Bertz CT molecular complexity index is 799. The lowest BCUT2D eigenvalue weighted by atomic mass is 10.2. The minimum atomic E-state index is -3.57. The molecule has 2 aromatic carbocycles. The number of nitrogens with one attached hydrogen (secondary N) is 2. The van der Waals surface area contributed by atoms with Gasteiger partial charge in [-0.15, -0.1) is 11.8 Å². The molecule has 0 aliphatic rings. The number of hydrogen-bond donors (Lipinski definition) is 2. The molecule has 0 aliphatic heterocycles. The van der Waals surface area contributed by atoms with Crippen LogP contribution in [-0.4, -0.2) is 33.2 Å². The van der Waals surface area contributed by atoms with Gasteiger partial charge in [0.25, 0.3) is 0 Å². The molecule has 8 heteroatoms. The molecule has 2 aromatic rings. The van der Waals surface area contributed by atoms with E-state index >= 15 is 0 Å². The van der Waals surface area contributed by atoms with Gasteiger partial charge in [-0.05, 0) is 23.8 Å². The first-order chi connectivity index (χ1) is 12.0. The number of amides is 1. The predicted molar refractivity (Wildman–Crippen MR) is 105 cm³/mol. The highest BCUT2D eigenvalue weighted by Crippen LogP contribution is 2.18. The standard InChI is InChI=1S/C17H19BrN2O3S2/c18-16-9-5-4-6-14(16)13-25(22,23)20-12-17(21)19-10-11-24-15-7-2-1-3-8-15/h1-9,20H,10-13H2,(H,19,21). The predicted octanol–water partition coefficient (Wildman–Crippen LogP) is 2.78. The van der Waals surface area contributed by atoms with Crippen LogP contribution in [-0.2, 0) is 20.6 Å². The van der Waals surface area contributed by atoms with Gasteiger partial charge in [-0.2, -0.15) is 0 Å². The van der Waals surface area contributed by atoms with E-state index in [1.54, 1.807) is 30.0 Å². The molecule has 0 spiro atoms. The molecule has 0 bridgehead atoms. The Morgan fingerprint density at radius 3 is 2.44 bits per heavy atom. The summed E-state index contributed by atoms with van der Waals surface area (Å²) >= 11 is 4.95. The summed E-state index contributed by atoms with van der Waals surface area (Å²) in [6.45, 7) is 0.215. The molecule has 0 aromatic heterocycles. The van der Waals surface area contributed by atoms with Crippen LogP contribution in [0.3, 0.4) is 0 Å². The maximum absolute atomic E-state index is 12.1. The SMILES string of the molecule is O=C(CNS(=O)(=O)Cc1ccccc1Br)NCCSc1ccccc1. The normalized spacial score (nSPS) is 11.2. The van der Waals surface area contributed by atoms with Crippen LogP contribution in [0.5, 0.6) is 0 Å². The fraction of sp³-hybridized carbons (Fsp3) is 0.235. The number of rotatable bonds is 9. The Morgan fingerprint density at radius 1 is 1.04 bits per heavy atom. The maximum Gasteiger partial charge on any atom is 0.235 e. The molecule has 134 valence electrons. The second-order valence-electron chi connectivity index (χ2n) is 5.18. The van der Waals surface area contributed by atoms with Crippen molar-refractivity contribution in [2.75, 3.05) is 18.8 Å². The van der Waals surface area contributed by atoms with Crippen molar-refractivity contribution < 1.29 is 13.2 Å². The highest BCUT2D eigenvalue weighted by molar-refractivity contribution is 9.10. The Labute approximate surface area is 160 Å². The monoisotopic (exact) mass is 442 g/mol. The van der Waals surface area contributed by atoms with Crippen LogP contribution in [0.1, 0.15) is 5.56 Å². The van der Waals surface area contributed by atoms with Gasteiger partial charge in [0.2, 0.25) is 15.9 Å². The summed E-state index contributed by atoms with van der Waals surface area (Å²) in [5, 5.41) is 2.70. The van der Waals surface area contributed by atoms with E-state index < -0.39 is 10.0 Å². The summed E-state index contributed by atoms with van der Waals surface area (Å²) in [6, 6.07) is 17.0. The molecule has 2 rings (SSSR count). The summed E-state index contributed by atoms with van der Waals surface area (Å²) in [7, 11) is -3.57. The van der Waals surface area contributed by atoms with E-state index in [1.807, 2.05) is 36.4 Å².